The zero-order chi connectivity index (χ0) is 17.9. The number of benzene rings is 1. The van der Waals surface area contributed by atoms with Crippen LogP contribution < -0.4 is 10.1 Å². The molecule has 2 N–H and O–H groups in total. The van der Waals surface area contributed by atoms with Gasteiger partial charge in [-0.3, -0.25) is 0 Å². The second-order valence-electron chi connectivity index (χ2n) is 7.45. The van der Waals surface area contributed by atoms with Gasteiger partial charge in [0.05, 0.1) is 16.8 Å². The van der Waals surface area contributed by atoms with E-state index in [4.69, 9.17) is 4.74 Å². The second-order valence-corrected chi connectivity index (χ2v) is 8.51. The highest BCUT2D eigenvalue weighted by Gasteiger charge is 2.49. The van der Waals surface area contributed by atoms with Crippen LogP contribution in [0.25, 0.3) is 0 Å². The number of rotatable bonds is 9. The van der Waals surface area contributed by atoms with Gasteiger partial charge in [0.15, 0.2) is 0 Å². The maximum absolute atomic E-state index is 10.3. The van der Waals surface area contributed by atoms with E-state index in [9.17, 15) is 5.11 Å². The maximum Gasteiger partial charge on any atom is 0.131 e. The van der Waals surface area contributed by atoms with E-state index in [1.54, 1.807) is 11.3 Å². The third-order valence-corrected chi connectivity index (χ3v) is 5.76. The van der Waals surface area contributed by atoms with E-state index in [-0.39, 0.29) is 11.5 Å². The molecule has 0 aliphatic heterocycles. The fourth-order valence-corrected chi connectivity index (χ4v) is 3.83. The van der Waals surface area contributed by atoms with E-state index in [0.717, 1.165) is 42.4 Å². The van der Waals surface area contributed by atoms with Crippen LogP contribution in [0.5, 0.6) is 5.75 Å². The molecule has 1 aromatic heterocycles. The number of aliphatic hydroxyl groups excluding tert-OH is 1. The van der Waals surface area contributed by atoms with E-state index in [0.29, 0.717) is 12.5 Å². The van der Waals surface area contributed by atoms with Crippen LogP contribution in [0.15, 0.2) is 29.6 Å². The lowest BCUT2D eigenvalue weighted by atomic mass is 9.90. The van der Waals surface area contributed by atoms with Crippen LogP contribution in [-0.4, -0.2) is 22.7 Å². The predicted octanol–water partition coefficient (Wildman–Crippen LogP) is 3.92. The summed E-state index contributed by atoms with van der Waals surface area (Å²) in [4.78, 5) is 4.40. The van der Waals surface area contributed by atoms with Gasteiger partial charge in [-0.25, -0.2) is 4.98 Å². The number of nitrogens with zero attached hydrogens (tertiary/aromatic N) is 1. The Kier molecular flexibility index (Phi) is 5.77. The van der Waals surface area contributed by atoms with Gasteiger partial charge >= 0.3 is 0 Å². The Balaban J connectivity index is 1.43. The Hall–Kier alpha value is -1.43. The van der Waals surface area contributed by atoms with Gasteiger partial charge in [0, 0.05) is 23.9 Å². The molecule has 4 nitrogen and oxygen atoms in total. The molecular weight excluding hydrogens is 332 g/mol. The average Bonchev–Trinajstić information content (AvgIpc) is 3.27. The van der Waals surface area contributed by atoms with Crippen molar-refractivity contribution in [2.75, 3.05) is 6.54 Å². The smallest absolute Gasteiger partial charge is 0.131 e. The summed E-state index contributed by atoms with van der Waals surface area (Å²) in [5.74, 6) is 1.19. The molecule has 136 valence electrons. The second kappa shape index (κ2) is 7.85. The number of hydrogen-bond donors (Lipinski definition) is 2. The molecule has 25 heavy (non-hydrogen) atoms. The molecule has 1 saturated carbocycles. The largest absolute Gasteiger partial charge is 0.487 e. The van der Waals surface area contributed by atoms with E-state index in [2.05, 4.69) is 36.3 Å². The molecule has 0 saturated heterocycles. The highest BCUT2D eigenvalue weighted by Crippen LogP contribution is 2.50. The Morgan fingerprint density at radius 1 is 1.28 bits per heavy atom. The summed E-state index contributed by atoms with van der Waals surface area (Å²) in [6.07, 6.45) is 2.05. The van der Waals surface area contributed by atoms with Gasteiger partial charge in [0.1, 0.15) is 12.4 Å². The van der Waals surface area contributed by atoms with Crippen molar-refractivity contribution in [3.63, 3.8) is 0 Å². The summed E-state index contributed by atoms with van der Waals surface area (Å²) in [6.45, 7) is 8.40. The molecule has 1 aromatic carbocycles. The lowest BCUT2D eigenvalue weighted by Gasteiger charge is -2.25. The Morgan fingerprint density at radius 3 is 2.56 bits per heavy atom. The lowest BCUT2D eigenvalue weighted by molar-refractivity contribution is 0.0502. The Bertz CT molecular complexity index is 677. The van der Waals surface area contributed by atoms with E-state index >= 15 is 0 Å². The first-order valence-electron chi connectivity index (χ1n) is 9.00. The third kappa shape index (κ3) is 4.81. The van der Waals surface area contributed by atoms with Crippen LogP contribution in [0, 0.1) is 18.3 Å². The van der Waals surface area contributed by atoms with E-state index < -0.39 is 0 Å². The zero-order valence-corrected chi connectivity index (χ0v) is 16.1. The standard InChI is InChI=1S/C20H28N2O2S/c1-14(2)19(23)20(8-9-20)13-21-10-16-4-6-18(7-5-16)24-11-17-12-25-15(3)22-17/h4-7,12,14,19,21,23H,8-11,13H2,1-3H3/t19-/m1/s1. The highest BCUT2D eigenvalue weighted by atomic mass is 32.1. The molecule has 3 rings (SSSR count). The van der Waals surface area contributed by atoms with E-state index in [1.807, 2.05) is 24.4 Å². The van der Waals surface area contributed by atoms with Crippen molar-refractivity contribution in [2.45, 2.75) is 52.9 Å². The zero-order valence-electron chi connectivity index (χ0n) is 15.3. The normalized spacial score (nSPS) is 16.8. The molecule has 0 unspecified atom stereocenters. The SMILES string of the molecule is Cc1nc(COc2ccc(CNCC3([C@H](O)C(C)C)CC3)cc2)cs1. The molecule has 0 bridgehead atoms. The topological polar surface area (TPSA) is 54.4 Å². The minimum atomic E-state index is -0.204. The van der Waals surface area contributed by atoms with Crippen molar-refractivity contribution in [3.05, 3.63) is 45.9 Å². The summed E-state index contributed by atoms with van der Waals surface area (Å²) in [5.41, 5.74) is 2.31. The molecular formula is C20H28N2O2S. The minimum absolute atomic E-state index is 0.100. The van der Waals surface area contributed by atoms with Gasteiger partial charge in [-0.15, -0.1) is 11.3 Å². The quantitative estimate of drug-likeness (QED) is 0.712. The van der Waals surface area contributed by atoms with Crippen LogP contribution >= 0.6 is 11.3 Å². The molecule has 1 atom stereocenters. The van der Waals surface area contributed by atoms with Crippen LogP contribution in [0.4, 0.5) is 0 Å². The van der Waals surface area contributed by atoms with Crippen molar-refractivity contribution in [1.82, 2.24) is 10.3 Å². The van der Waals surface area contributed by atoms with Gasteiger partial charge in [-0.2, -0.15) is 0 Å². The number of ether oxygens (including phenoxy) is 1. The number of hydrogen-bond acceptors (Lipinski definition) is 5. The molecule has 0 radical (unpaired) electrons. The minimum Gasteiger partial charge on any atom is -0.487 e. The Labute approximate surface area is 154 Å². The number of aryl methyl sites for hydroxylation is 1. The van der Waals surface area contributed by atoms with Crippen LogP contribution in [0.2, 0.25) is 0 Å². The first-order chi connectivity index (χ1) is 12.0. The summed E-state index contributed by atoms with van der Waals surface area (Å²) in [7, 11) is 0. The predicted molar refractivity (Wildman–Crippen MR) is 102 cm³/mol. The summed E-state index contributed by atoms with van der Waals surface area (Å²) < 4.78 is 5.78. The van der Waals surface area contributed by atoms with Gasteiger partial charge in [0.25, 0.3) is 0 Å². The number of aromatic nitrogens is 1. The fraction of sp³-hybridized carbons (Fsp3) is 0.550. The molecule has 1 fully saturated rings. The van der Waals surface area contributed by atoms with Gasteiger partial charge in [0.2, 0.25) is 0 Å². The fourth-order valence-electron chi connectivity index (χ4n) is 3.24. The molecule has 1 aliphatic carbocycles. The molecule has 5 heteroatoms. The number of aliphatic hydroxyl groups is 1. The first kappa shape index (κ1) is 18.4. The lowest BCUT2D eigenvalue weighted by Crippen LogP contribution is -2.36. The molecule has 0 spiro atoms. The van der Waals surface area contributed by atoms with Crippen molar-refractivity contribution in [3.8, 4) is 5.75 Å². The van der Waals surface area contributed by atoms with Crippen molar-refractivity contribution < 1.29 is 9.84 Å². The average molecular weight is 361 g/mol. The maximum atomic E-state index is 10.3. The van der Waals surface area contributed by atoms with Gasteiger partial charge in [-0.1, -0.05) is 26.0 Å². The summed E-state index contributed by atoms with van der Waals surface area (Å²) in [5, 5.41) is 17.0. The van der Waals surface area contributed by atoms with E-state index in [1.165, 1.54) is 5.56 Å². The van der Waals surface area contributed by atoms with Crippen molar-refractivity contribution >= 4 is 11.3 Å². The molecule has 2 aromatic rings. The highest BCUT2D eigenvalue weighted by molar-refractivity contribution is 7.09. The molecule has 1 aliphatic rings. The van der Waals surface area contributed by atoms with Crippen molar-refractivity contribution in [2.24, 2.45) is 11.3 Å². The van der Waals surface area contributed by atoms with Crippen LogP contribution in [0.1, 0.15) is 43.0 Å². The molecule has 1 heterocycles. The summed E-state index contributed by atoms with van der Waals surface area (Å²) in [6, 6.07) is 8.19. The number of nitrogens with one attached hydrogen (secondary N) is 1. The summed E-state index contributed by atoms with van der Waals surface area (Å²) >= 11 is 1.64. The monoisotopic (exact) mass is 360 g/mol. The van der Waals surface area contributed by atoms with Crippen molar-refractivity contribution in [1.29, 1.82) is 0 Å². The Morgan fingerprint density at radius 2 is 2.00 bits per heavy atom. The third-order valence-electron chi connectivity index (χ3n) is 4.93. The number of thiazole rings is 1. The first-order valence-corrected chi connectivity index (χ1v) is 9.88. The van der Waals surface area contributed by atoms with Gasteiger partial charge < -0.3 is 15.2 Å². The molecule has 0 amide bonds. The van der Waals surface area contributed by atoms with Crippen LogP contribution in [0.3, 0.4) is 0 Å². The van der Waals surface area contributed by atoms with Crippen LogP contribution in [-0.2, 0) is 13.2 Å². The van der Waals surface area contributed by atoms with Gasteiger partial charge in [-0.05, 0) is 43.4 Å².